The first-order valence-electron chi connectivity index (χ1n) is 10.0. The number of aromatic nitrogens is 1. The molecule has 7 nitrogen and oxygen atoms in total. The largest absolute Gasteiger partial charge is 0.481 e. The highest BCUT2D eigenvalue weighted by Crippen LogP contribution is 2.38. The van der Waals surface area contributed by atoms with Crippen molar-refractivity contribution in [3.63, 3.8) is 0 Å². The fraction of sp³-hybridized carbons (Fsp3) is 0.409. The Morgan fingerprint density at radius 3 is 2.59 bits per heavy atom. The smallest absolute Gasteiger partial charge is 0.303 e. The monoisotopic (exact) mass is 395 g/mol. The number of rotatable bonds is 4. The number of nitrogens with two attached hydrogens (primary N) is 1. The van der Waals surface area contributed by atoms with Crippen LogP contribution in [0.25, 0.3) is 0 Å². The molecule has 29 heavy (non-hydrogen) atoms. The first-order chi connectivity index (χ1) is 14.0. The van der Waals surface area contributed by atoms with Gasteiger partial charge in [0.05, 0.1) is 12.2 Å². The molecule has 7 heteroatoms. The molecule has 1 aromatic carbocycles. The van der Waals surface area contributed by atoms with Crippen molar-refractivity contribution in [2.75, 3.05) is 23.8 Å². The van der Waals surface area contributed by atoms with Crippen molar-refractivity contribution in [2.24, 2.45) is 5.92 Å². The number of carbonyl (C=O) groups is 2. The second kappa shape index (κ2) is 8.11. The molecule has 4 rings (SSSR count). The third-order valence-electron chi connectivity index (χ3n) is 5.95. The summed E-state index contributed by atoms with van der Waals surface area (Å²) in [5.41, 5.74) is 8.72. The second-order valence-corrected chi connectivity index (χ2v) is 7.79. The first-order valence-corrected chi connectivity index (χ1v) is 10.0. The Bertz CT molecular complexity index is 905. The van der Waals surface area contributed by atoms with Gasteiger partial charge in [-0.25, -0.2) is 4.98 Å². The zero-order chi connectivity index (χ0) is 20.4. The van der Waals surface area contributed by atoms with E-state index in [-0.39, 0.29) is 24.1 Å². The van der Waals surface area contributed by atoms with E-state index in [4.69, 9.17) is 15.6 Å². The van der Waals surface area contributed by atoms with Crippen molar-refractivity contribution >= 4 is 23.3 Å². The van der Waals surface area contributed by atoms with Crippen LogP contribution in [0, 0.1) is 5.92 Å². The van der Waals surface area contributed by atoms with E-state index < -0.39 is 5.97 Å². The lowest BCUT2D eigenvalue weighted by Gasteiger charge is -2.28. The topological polar surface area (TPSA) is 106 Å². The summed E-state index contributed by atoms with van der Waals surface area (Å²) in [6.07, 6.45) is 5.71. The summed E-state index contributed by atoms with van der Waals surface area (Å²) in [6, 6.07) is 9.68. The van der Waals surface area contributed by atoms with Crippen LogP contribution in [0.15, 0.2) is 36.5 Å². The van der Waals surface area contributed by atoms with Crippen LogP contribution in [0.3, 0.4) is 0 Å². The average Bonchev–Trinajstić information content (AvgIpc) is 2.88. The maximum absolute atomic E-state index is 13.0. The quantitative estimate of drug-likeness (QED) is 0.821. The van der Waals surface area contributed by atoms with Crippen molar-refractivity contribution < 1.29 is 19.4 Å². The minimum atomic E-state index is -0.707. The zero-order valence-electron chi connectivity index (χ0n) is 16.2. The molecular weight excluding hydrogens is 370 g/mol. The van der Waals surface area contributed by atoms with Gasteiger partial charge in [-0.2, -0.15) is 0 Å². The standard InChI is InChI=1S/C22H25N3O4/c23-18-9-10-24-21-20(18)22(28)25(11-12-29-21)17-7-5-16(6-8-17)15-3-1-14(2-4-15)13-19(26)27/h5-10,14-15H,1-4,11-13H2,(H2,23,24)(H,26,27). The Morgan fingerprint density at radius 2 is 1.90 bits per heavy atom. The number of hydrogen-bond donors (Lipinski definition) is 2. The number of ether oxygens (including phenoxy) is 1. The van der Waals surface area contributed by atoms with E-state index in [0.717, 1.165) is 31.4 Å². The van der Waals surface area contributed by atoms with Gasteiger partial charge in [0.2, 0.25) is 5.88 Å². The number of amides is 1. The van der Waals surface area contributed by atoms with Gasteiger partial charge in [0.25, 0.3) is 5.91 Å². The maximum atomic E-state index is 13.0. The Balaban J connectivity index is 1.48. The van der Waals surface area contributed by atoms with Crippen LogP contribution in [-0.4, -0.2) is 35.1 Å². The Labute approximate surface area is 169 Å². The number of benzene rings is 1. The van der Waals surface area contributed by atoms with E-state index in [1.54, 1.807) is 11.0 Å². The number of carbonyl (C=O) groups excluding carboxylic acids is 1. The molecule has 2 aliphatic rings. The number of carboxylic acids is 1. The van der Waals surface area contributed by atoms with Crippen LogP contribution >= 0.6 is 0 Å². The summed E-state index contributed by atoms with van der Waals surface area (Å²) in [5.74, 6) is 0.105. The molecular formula is C22H25N3O4. The van der Waals surface area contributed by atoms with Crippen molar-refractivity contribution in [1.82, 2.24) is 4.98 Å². The number of anilines is 2. The van der Waals surface area contributed by atoms with Crippen LogP contribution in [-0.2, 0) is 4.79 Å². The number of hydrogen-bond acceptors (Lipinski definition) is 5. The Morgan fingerprint density at radius 1 is 1.17 bits per heavy atom. The molecule has 0 spiro atoms. The van der Waals surface area contributed by atoms with Gasteiger partial charge in [0, 0.05) is 18.3 Å². The van der Waals surface area contributed by atoms with Gasteiger partial charge in [-0.1, -0.05) is 12.1 Å². The lowest BCUT2D eigenvalue weighted by molar-refractivity contribution is -0.138. The van der Waals surface area contributed by atoms with E-state index in [9.17, 15) is 9.59 Å². The zero-order valence-corrected chi connectivity index (χ0v) is 16.2. The van der Waals surface area contributed by atoms with Gasteiger partial charge in [-0.15, -0.1) is 0 Å². The second-order valence-electron chi connectivity index (χ2n) is 7.79. The number of aliphatic carboxylic acids is 1. The number of carboxylic acid groups (broad SMARTS) is 1. The first kappa shape index (κ1) is 19.2. The molecule has 0 saturated heterocycles. The third-order valence-corrected chi connectivity index (χ3v) is 5.95. The Hall–Kier alpha value is -3.09. The van der Waals surface area contributed by atoms with Gasteiger partial charge in [0.1, 0.15) is 12.2 Å². The molecule has 0 radical (unpaired) electrons. The Kier molecular flexibility index (Phi) is 5.38. The van der Waals surface area contributed by atoms with Crippen LogP contribution in [0.5, 0.6) is 5.88 Å². The van der Waals surface area contributed by atoms with Gasteiger partial charge >= 0.3 is 5.97 Å². The number of pyridine rings is 1. The molecule has 2 heterocycles. The molecule has 3 N–H and O–H groups in total. The molecule has 1 saturated carbocycles. The summed E-state index contributed by atoms with van der Waals surface area (Å²) < 4.78 is 5.61. The van der Waals surface area contributed by atoms with Crippen LogP contribution in [0.1, 0.15) is 53.9 Å². The predicted molar refractivity (Wildman–Crippen MR) is 109 cm³/mol. The van der Waals surface area contributed by atoms with Crippen molar-refractivity contribution in [3.05, 3.63) is 47.7 Å². The summed E-state index contributed by atoms with van der Waals surface area (Å²) in [6.45, 7) is 0.777. The summed E-state index contributed by atoms with van der Waals surface area (Å²) in [4.78, 5) is 29.8. The maximum Gasteiger partial charge on any atom is 0.303 e. The highest BCUT2D eigenvalue weighted by Gasteiger charge is 2.28. The molecule has 1 aliphatic heterocycles. The molecule has 0 bridgehead atoms. The highest BCUT2D eigenvalue weighted by molar-refractivity contribution is 6.11. The normalized spacial score (nSPS) is 21.8. The molecule has 2 aromatic rings. The van der Waals surface area contributed by atoms with Crippen molar-refractivity contribution in [2.45, 2.75) is 38.0 Å². The van der Waals surface area contributed by atoms with E-state index in [1.165, 1.54) is 11.8 Å². The summed E-state index contributed by atoms with van der Waals surface area (Å²) in [7, 11) is 0. The lowest BCUT2D eigenvalue weighted by atomic mass is 9.77. The average molecular weight is 395 g/mol. The summed E-state index contributed by atoms with van der Waals surface area (Å²) >= 11 is 0. The molecule has 0 atom stereocenters. The van der Waals surface area contributed by atoms with Crippen LogP contribution < -0.4 is 15.4 Å². The molecule has 1 amide bonds. The number of nitrogen functional groups attached to an aromatic ring is 1. The van der Waals surface area contributed by atoms with Gasteiger partial charge in [0.15, 0.2) is 0 Å². The van der Waals surface area contributed by atoms with Crippen molar-refractivity contribution in [1.29, 1.82) is 0 Å². The number of fused-ring (bicyclic) bond motifs is 1. The highest BCUT2D eigenvalue weighted by atomic mass is 16.5. The minimum absolute atomic E-state index is 0.204. The fourth-order valence-electron chi connectivity index (χ4n) is 4.37. The van der Waals surface area contributed by atoms with E-state index in [2.05, 4.69) is 17.1 Å². The van der Waals surface area contributed by atoms with Crippen LogP contribution in [0.2, 0.25) is 0 Å². The molecule has 1 aromatic heterocycles. The van der Waals surface area contributed by atoms with Gasteiger partial charge < -0.3 is 20.5 Å². The molecule has 1 fully saturated rings. The summed E-state index contributed by atoms with van der Waals surface area (Å²) in [5, 5.41) is 8.97. The SMILES string of the molecule is Nc1ccnc2c1C(=O)N(c1ccc(C3CCC(CC(=O)O)CC3)cc1)CCO2. The van der Waals surface area contributed by atoms with Crippen molar-refractivity contribution in [3.8, 4) is 5.88 Å². The van der Waals surface area contributed by atoms with Crippen LogP contribution in [0.4, 0.5) is 11.4 Å². The number of nitrogens with zero attached hydrogens (tertiary/aromatic N) is 2. The lowest BCUT2D eigenvalue weighted by Crippen LogP contribution is -2.32. The van der Waals surface area contributed by atoms with E-state index >= 15 is 0 Å². The molecule has 152 valence electrons. The third kappa shape index (κ3) is 4.04. The molecule has 0 unspecified atom stereocenters. The minimum Gasteiger partial charge on any atom is -0.481 e. The molecule has 1 aliphatic carbocycles. The predicted octanol–water partition coefficient (Wildman–Crippen LogP) is 3.45. The van der Waals surface area contributed by atoms with Gasteiger partial charge in [-0.3, -0.25) is 9.59 Å². The van der Waals surface area contributed by atoms with E-state index in [1.807, 2.05) is 12.1 Å². The van der Waals surface area contributed by atoms with E-state index in [0.29, 0.717) is 30.3 Å². The van der Waals surface area contributed by atoms with Gasteiger partial charge in [-0.05, 0) is 61.3 Å². The fourth-order valence-corrected chi connectivity index (χ4v) is 4.37.